The lowest BCUT2D eigenvalue weighted by Crippen LogP contribution is -2.48. The van der Waals surface area contributed by atoms with Crippen molar-refractivity contribution in [3.05, 3.63) is 35.5 Å². The molecule has 2 atom stereocenters. The topological polar surface area (TPSA) is 0 Å². The van der Waals surface area contributed by atoms with Crippen molar-refractivity contribution in [3.63, 3.8) is 0 Å². The van der Waals surface area contributed by atoms with Crippen LogP contribution < -0.4 is 0 Å². The van der Waals surface area contributed by atoms with Crippen LogP contribution in [-0.2, 0) is 0 Å². The quantitative estimate of drug-likeness (QED) is 0.414. The van der Waals surface area contributed by atoms with Crippen LogP contribution in [0, 0.1) is 33.8 Å². The van der Waals surface area contributed by atoms with Gasteiger partial charge in [0.2, 0.25) is 0 Å². The van der Waals surface area contributed by atoms with E-state index in [4.69, 9.17) is 0 Å². The molecule has 0 aliphatic heterocycles. The summed E-state index contributed by atoms with van der Waals surface area (Å²) in [6, 6.07) is 0. The predicted octanol–water partition coefficient (Wildman–Crippen LogP) is 5.34. The van der Waals surface area contributed by atoms with E-state index in [1.807, 2.05) is 0 Å². The summed E-state index contributed by atoms with van der Waals surface area (Å²) >= 11 is 0. The molecule has 0 saturated heterocycles. The second-order valence-corrected chi connectivity index (χ2v) is 18.8. The number of rotatable bonds is 0. The van der Waals surface area contributed by atoms with Crippen molar-refractivity contribution in [2.45, 2.75) is 58.5 Å². The van der Waals surface area contributed by atoms with Crippen LogP contribution in [0.1, 0.15) is 19.3 Å². The fraction of sp³-hybridized carbons (Fsp3) is 0.524. The first-order valence-corrected chi connectivity index (χ1v) is 15.8. The van der Waals surface area contributed by atoms with Gasteiger partial charge in [-0.05, 0) is 12.8 Å². The Morgan fingerprint density at radius 1 is 0.739 bits per heavy atom. The molecule has 0 spiro atoms. The first kappa shape index (κ1) is 16.6. The van der Waals surface area contributed by atoms with E-state index >= 15 is 0 Å². The molecule has 2 heteroatoms. The van der Waals surface area contributed by atoms with Gasteiger partial charge in [-0.3, -0.25) is 0 Å². The van der Waals surface area contributed by atoms with Crippen molar-refractivity contribution in [2.24, 2.45) is 10.8 Å². The molecule has 1 saturated carbocycles. The van der Waals surface area contributed by atoms with Crippen molar-refractivity contribution in [1.82, 2.24) is 0 Å². The van der Waals surface area contributed by atoms with Crippen LogP contribution >= 0.6 is 0 Å². The molecule has 0 aromatic rings. The molecule has 23 heavy (non-hydrogen) atoms. The average molecular weight is 337 g/mol. The van der Waals surface area contributed by atoms with Gasteiger partial charge >= 0.3 is 0 Å². The Labute approximate surface area is 144 Å². The Kier molecular flexibility index (Phi) is 3.71. The van der Waals surface area contributed by atoms with E-state index in [9.17, 15) is 0 Å². The van der Waals surface area contributed by atoms with Gasteiger partial charge < -0.3 is 0 Å². The zero-order chi connectivity index (χ0) is 16.9. The molecule has 0 amide bonds. The van der Waals surface area contributed by atoms with Crippen LogP contribution in [-0.4, -0.2) is 16.1 Å². The molecular formula is C21H28Si2. The van der Waals surface area contributed by atoms with Gasteiger partial charge in [0.25, 0.3) is 0 Å². The lowest BCUT2D eigenvalue weighted by atomic mass is 9.47. The van der Waals surface area contributed by atoms with Crippen LogP contribution in [0.25, 0.3) is 0 Å². The lowest BCUT2D eigenvalue weighted by Gasteiger charge is -2.54. The largest absolute Gasteiger partial charge is 0.129 e. The summed E-state index contributed by atoms with van der Waals surface area (Å²) in [5, 5.41) is 0. The third kappa shape index (κ3) is 2.63. The Hall–Kier alpha value is -1.23. The summed E-state index contributed by atoms with van der Waals surface area (Å²) in [7, 11) is -2.75. The molecule has 0 aromatic carbocycles. The van der Waals surface area contributed by atoms with Gasteiger partial charge in [0.15, 0.2) is 0 Å². The minimum absolute atomic E-state index is 0.165. The highest BCUT2D eigenvalue weighted by Crippen LogP contribution is 2.71. The second-order valence-electron chi connectivity index (χ2n) is 9.26. The summed E-state index contributed by atoms with van der Waals surface area (Å²) < 4.78 is 0. The summed E-state index contributed by atoms with van der Waals surface area (Å²) in [4.78, 5) is 0. The third-order valence-electron chi connectivity index (χ3n) is 5.08. The van der Waals surface area contributed by atoms with Crippen LogP contribution in [0.15, 0.2) is 35.5 Å². The van der Waals surface area contributed by atoms with E-state index in [2.05, 4.69) is 86.5 Å². The van der Waals surface area contributed by atoms with Crippen molar-refractivity contribution < 1.29 is 0 Å². The van der Waals surface area contributed by atoms with Gasteiger partial charge in [0.05, 0.1) is 0 Å². The van der Waals surface area contributed by atoms with Crippen molar-refractivity contribution in [2.75, 3.05) is 0 Å². The van der Waals surface area contributed by atoms with Gasteiger partial charge in [-0.1, -0.05) is 81.8 Å². The Morgan fingerprint density at radius 3 is 1.48 bits per heavy atom. The highest BCUT2D eigenvalue weighted by atomic mass is 28.3. The molecule has 0 radical (unpaired) electrons. The fourth-order valence-electron chi connectivity index (χ4n) is 4.09. The van der Waals surface area contributed by atoms with Crippen LogP contribution in [0.4, 0.5) is 0 Å². The van der Waals surface area contributed by atoms with Gasteiger partial charge in [-0.25, -0.2) is 0 Å². The van der Waals surface area contributed by atoms with Crippen LogP contribution in [0.2, 0.25) is 39.3 Å². The highest BCUT2D eigenvalue weighted by molar-refractivity contribution is 6.84. The Morgan fingerprint density at radius 2 is 1.13 bits per heavy atom. The molecule has 0 heterocycles. The Balaban J connectivity index is 2.17. The van der Waals surface area contributed by atoms with E-state index in [1.54, 1.807) is 0 Å². The van der Waals surface area contributed by atoms with Crippen LogP contribution in [0.5, 0.6) is 0 Å². The summed E-state index contributed by atoms with van der Waals surface area (Å²) in [5.74, 6) is 7.24. The summed E-state index contributed by atoms with van der Waals surface area (Å²) in [6.07, 6.45) is 13.1. The summed E-state index contributed by atoms with van der Waals surface area (Å²) in [5.41, 5.74) is 10.2. The average Bonchev–Trinajstić information content (AvgIpc) is 2.74. The molecule has 120 valence electrons. The zero-order valence-electron chi connectivity index (χ0n) is 15.4. The van der Waals surface area contributed by atoms with Gasteiger partial charge in [0.1, 0.15) is 16.1 Å². The maximum absolute atomic E-state index is 3.62. The van der Waals surface area contributed by atoms with Gasteiger partial charge in [-0.2, -0.15) is 0 Å². The van der Waals surface area contributed by atoms with E-state index in [0.29, 0.717) is 0 Å². The SMILES string of the molecule is C[Si](C)(C)C#CC1=C(C#C[Si](C)(C)C)[C@]23C=CC=C[C@]12CCC3. The maximum atomic E-state index is 3.62. The smallest absolute Gasteiger partial charge is 0.127 e. The van der Waals surface area contributed by atoms with Crippen molar-refractivity contribution in [1.29, 1.82) is 0 Å². The van der Waals surface area contributed by atoms with Crippen LogP contribution in [0.3, 0.4) is 0 Å². The predicted molar refractivity (Wildman–Crippen MR) is 106 cm³/mol. The van der Waals surface area contributed by atoms with E-state index in [0.717, 1.165) is 0 Å². The molecule has 3 aliphatic carbocycles. The first-order valence-electron chi connectivity index (χ1n) is 8.78. The van der Waals surface area contributed by atoms with Crippen molar-refractivity contribution >= 4 is 16.1 Å². The second kappa shape index (κ2) is 5.13. The lowest BCUT2D eigenvalue weighted by molar-refractivity contribution is 0.232. The van der Waals surface area contributed by atoms with E-state index in [1.165, 1.54) is 30.4 Å². The third-order valence-corrected chi connectivity index (χ3v) is 6.83. The molecule has 0 unspecified atom stereocenters. The molecule has 1 fully saturated rings. The molecule has 0 bridgehead atoms. The zero-order valence-corrected chi connectivity index (χ0v) is 17.4. The first-order chi connectivity index (χ1) is 10.6. The molecule has 0 nitrogen and oxygen atoms in total. The monoisotopic (exact) mass is 336 g/mol. The molecule has 3 rings (SSSR count). The van der Waals surface area contributed by atoms with Gasteiger partial charge in [0, 0.05) is 22.0 Å². The Bertz CT molecular complexity index is 680. The van der Waals surface area contributed by atoms with E-state index in [-0.39, 0.29) is 10.8 Å². The maximum Gasteiger partial charge on any atom is 0.129 e. The number of allylic oxidation sites excluding steroid dienone is 6. The molecular weight excluding hydrogens is 308 g/mol. The number of hydrogen-bond donors (Lipinski definition) is 0. The minimum atomic E-state index is -1.37. The number of hydrogen-bond acceptors (Lipinski definition) is 0. The normalized spacial score (nSPS) is 31.4. The minimum Gasteiger partial charge on any atom is -0.127 e. The standard InChI is InChI=1S/C21H28Si2/c1-22(2,3)16-10-18-19(11-17-23(4,5)6)21-13-8-7-12-20(18,21)14-9-15-21/h7-8,12-13H,9,14-15H2,1-6H3/t20-,21+. The van der Waals surface area contributed by atoms with Crippen molar-refractivity contribution in [3.8, 4) is 22.9 Å². The fourth-order valence-corrected chi connectivity index (χ4v) is 5.09. The molecule has 0 N–H and O–H groups in total. The molecule has 3 aliphatic rings. The summed E-state index contributed by atoms with van der Waals surface area (Å²) in [6.45, 7) is 13.9. The van der Waals surface area contributed by atoms with Gasteiger partial charge in [-0.15, -0.1) is 11.1 Å². The highest BCUT2D eigenvalue weighted by Gasteiger charge is 2.64. The van der Waals surface area contributed by atoms with E-state index < -0.39 is 16.1 Å². The molecule has 0 aromatic heterocycles.